The van der Waals surface area contributed by atoms with Crippen molar-refractivity contribution in [2.75, 3.05) is 19.7 Å². The smallest absolute Gasteiger partial charge is 0.433 e. The zero-order valence-corrected chi connectivity index (χ0v) is 16.6. The Morgan fingerprint density at radius 1 is 1.10 bits per heavy atom. The molecule has 0 aromatic carbocycles. The van der Waals surface area contributed by atoms with Crippen molar-refractivity contribution in [3.8, 4) is 0 Å². The van der Waals surface area contributed by atoms with E-state index in [0.29, 0.717) is 12.2 Å². The minimum Gasteiger partial charge on any atom is -0.449 e. The Morgan fingerprint density at radius 3 is 2.40 bits per heavy atom. The minimum atomic E-state index is -4.50. The van der Waals surface area contributed by atoms with Gasteiger partial charge in [0.1, 0.15) is 12.3 Å². The standard InChI is InChI=1S/C20H26F3N3O4/c21-20(22,23)17-8-5-15(11-24-17)13-29-18(27)25-16-6-3-14(4-7-16)12-30-19(28)26-9-1-2-10-26/h5,8,11,14,16H,1-4,6-7,9-10,12-13H2,(H,25,27). The lowest BCUT2D eigenvalue weighted by atomic mass is 9.86. The molecule has 0 bridgehead atoms. The first kappa shape index (κ1) is 22.2. The molecule has 0 spiro atoms. The van der Waals surface area contributed by atoms with E-state index >= 15 is 0 Å². The number of likely N-dealkylation sites (tertiary alicyclic amines) is 1. The maximum absolute atomic E-state index is 12.5. The third kappa shape index (κ3) is 6.50. The molecule has 10 heteroatoms. The van der Waals surface area contributed by atoms with Gasteiger partial charge >= 0.3 is 18.4 Å². The topological polar surface area (TPSA) is 80.8 Å². The molecule has 30 heavy (non-hydrogen) atoms. The van der Waals surface area contributed by atoms with E-state index in [0.717, 1.165) is 63.9 Å². The van der Waals surface area contributed by atoms with Crippen molar-refractivity contribution in [3.63, 3.8) is 0 Å². The van der Waals surface area contributed by atoms with E-state index in [4.69, 9.17) is 9.47 Å². The first-order valence-electron chi connectivity index (χ1n) is 10.2. The van der Waals surface area contributed by atoms with Crippen LogP contribution >= 0.6 is 0 Å². The number of alkyl carbamates (subject to hydrolysis) is 1. The average Bonchev–Trinajstić information content (AvgIpc) is 3.26. The van der Waals surface area contributed by atoms with Crippen LogP contribution in [0.3, 0.4) is 0 Å². The van der Waals surface area contributed by atoms with Crippen molar-refractivity contribution < 1.29 is 32.2 Å². The summed E-state index contributed by atoms with van der Waals surface area (Å²) in [7, 11) is 0. The Balaban J connectivity index is 1.31. The number of halogens is 3. The lowest BCUT2D eigenvalue weighted by Crippen LogP contribution is -2.39. The van der Waals surface area contributed by atoms with Crippen LogP contribution in [-0.2, 0) is 22.3 Å². The number of hydrogen-bond acceptors (Lipinski definition) is 5. The third-order valence-electron chi connectivity index (χ3n) is 5.46. The van der Waals surface area contributed by atoms with Crippen LogP contribution in [0.5, 0.6) is 0 Å². The molecule has 1 N–H and O–H groups in total. The Kier molecular flexibility index (Phi) is 7.38. The van der Waals surface area contributed by atoms with E-state index in [2.05, 4.69) is 10.3 Å². The first-order chi connectivity index (χ1) is 14.3. The largest absolute Gasteiger partial charge is 0.449 e. The number of carbonyl (C=O) groups excluding carboxylic acids is 2. The summed E-state index contributed by atoms with van der Waals surface area (Å²) in [6.45, 7) is 1.77. The lowest BCUT2D eigenvalue weighted by molar-refractivity contribution is -0.141. The zero-order chi connectivity index (χ0) is 21.6. The van der Waals surface area contributed by atoms with Crippen LogP contribution in [0.1, 0.15) is 49.8 Å². The van der Waals surface area contributed by atoms with Gasteiger partial charge in [0.25, 0.3) is 0 Å². The summed E-state index contributed by atoms with van der Waals surface area (Å²) in [5, 5.41) is 2.78. The van der Waals surface area contributed by atoms with Gasteiger partial charge in [0.15, 0.2) is 0 Å². The van der Waals surface area contributed by atoms with Crippen molar-refractivity contribution in [1.82, 2.24) is 15.2 Å². The summed E-state index contributed by atoms with van der Waals surface area (Å²) >= 11 is 0. The summed E-state index contributed by atoms with van der Waals surface area (Å²) < 4.78 is 48.0. The van der Waals surface area contributed by atoms with Crippen LogP contribution in [0.4, 0.5) is 22.8 Å². The van der Waals surface area contributed by atoms with Crippen molar-refractivity contribution in [1.29, 1.82) is 0 Å². The predicted molar refractivity (Wildman–Crippen MR) is 100 cm³/mol. The Labute approximate surface area is 172 Å². The normalized spacial score (nSPS) is 21.9. The summed E-state index contributed by atoms with van der Waals surface area (Å²) in [6.07, 6.45) is 0.919. The van der Waals surface area contributed by atoms with Crippen LogP contribution in [0.15, 0.2) is 18.3 Å². The van der Waals surface area contributed by atoms with Gasteiger partial charge in [0.2, 0.25) is 0 Å². The molecule has 1 saturated heterocycles. The molecule has 1 aliphatic heterocycles. The number of hydrogen-bond donors (Lipinski definition) is 1. The molecule has 1 aromatic heterocycles. The zero-order valence-electron chi connectivity index (χ0n) is 16.6. The average molecular weight is 429 g/mol. The van der Waals surface area contributed by atoms with E-state index in [1.165, 1.54) is 6.07 Å². The van der Waals surface area contributed by atoms with Crippen LogP contribution < -0.4 is 5.32 Å². The van der Waals surface area contributed by atoms with Gasteiger partial charge in [-0.3, -0.25) is 4.98 Å². The molecule has 0 unspecified atom stereocenters. The quantitative estimate of drug-likeness (QED) is 0.762. The fourth-order valence-corrected chi connectivity index (χ4v) is 3.69. The minimum absolute atomic E-state index is 0.0336. The van der Waals surface area contributed by atoms with Gasteiger partial charge in [-0.2, -0.15) is 13.2 Å². The molecule has 2 amide bonds. The summed E-state index contributed by atoms with van der Waals surface area (Å²) in [5.41, 5.74) is -0.611. The monoisotopic (exact) mass is 429 g/mol. The fourth-order valence-electron chi connectivity index (χ4n) is 3.69. The van der Waals surface area contributed by atoms with Gasteiger partial charge in [0, 0.05) is 30.9 Å². The highest BCUT2D eigenvalue weighted by molar-refractivity contribution is 5.68. The number of amides is 2. The van der Waals surface area contributed by atoms with Crippen molar-refractivity contribution in [2.45, 2.75) is 57.3 Å². The van der Waals surface area contributed by atoms with E-state index < -0.39 is 18.0 Å². The van der Waals surface area contributed by atoms with Crippen LogP contribution in [0.25, 0.3) is 0 Å². The summed E-state index contributed by atoms with van der Waals surface area (Å²) in [4.78, 5) is 28.9. The Hall–Kier alpha value is -2.52. The molecular formula is C20H26F3N3O4. The van der Waals surface area contributed by atoms with Crippen LogP contribution in [0, 0.1) is 5.92 Å². The molecule has 2 aliphatic rings. The van der Waals surface area contributed by atoms with Crippen molar-refractivity contribution >= 4 is 12.2 Å². The SMILES string of the molecule is O=C(NC1CCC(COC(=O)N2CCCC2)CC1)OCc1ccc(C(F)(F)F)nc1. The second-order valence-electron chi connectivity index (χ2n) is 7.76. The fraction of sp³-hybridized carbons (Fsp3) is 0.650. The van der Waals surface area contributed by atoms with Crippen molar-refractivity contribution in [3.05, 3.63) is 29.6 Å². The number of alkyl halides is 3. The molecule has 7 nitrogen and oxygen atoms in total. The second kappa shape index (κ2) is 9.99. The number of carbonyl (C=O) groups is 2. The van der Waals surface area contributed by atoms with E-state index in [-0.39, 0.29) is 24.7 Å². The van der Waals surface area contributed by atoms with E-state index in [1.807, 2.05) is 0 Å². The molecule has 2 heterocycles. The Bertz CT molecular complexity index is 713. The van der Waals surface area contributed by atoms with Crippen molar-refractivity contribution in [2.24, 2.45) is 5.92 Å². The highest BCUT2D eigenvalue weighted by atomic mass is 19.4. The number of nitrogens with one attached hydrogen (secondary N) is 1. The summed E-state index contributed by atoms with van der Waals surface area (Å²) in [6, 6.07) is 2.06. The number of ether oxygens (including phenoxy) is 2. The molecular weight excluding hydrogens is 403 g/mol. The number of pyridine rings is 1. The highest BCUT2D eigenvalue weighted by Crippen LogP contribution is 2.27. The van der Waals surface area contributed by atoms with E-state index in [1.54, 1.807) is 4.90 Å². The molecule has 166 valence electrons. The highest BCUT2D eigenvalue weighted by Gasteiger charge is 2.32. The maximum Gasteiger partial charge on any atom is 0.433 e. The number of rotatable bonds is 5. The first-order valence-corrected chi connectivity index (χ1v) is 10.2. The second-order valence-corrected chi connectivity index (χ2v) is 7.76. The number of nitrogens with zero attached hydrogens (tertiary/aromatic N) is 2. The molecule has 0 atom stereocenters. The molecule has 2 fully saturated rings. The van der Waals surface area contributed by atoms with Gasteiger partial charge < -0.3 is 19.7 Å². The van der Waals surface area contributed by atoms with Crippen LogP contribution in [-0.4, -0.2) is 47.8 Å². The van der Waals surface area contributed by atoms with Gasteiger partial charge in [-0.25, -0.2) is 9.59 Å². The Morgan fingerprint density at radius 2 is 1.80 bits per heavy atom. The number of aromatic nitrogens is 1. The predicted octanol–water partition coefficient (Wildman–Crippen LogP) is 4.12. The van der Waals surface area contributed by atoms with Gasteiger partial charge in [-0.1, -0.05) is 6.07 Å². The lowest BCUT2D eigenvalue weighted by Gasteiger charge is -2.29. The molecule has 3 rings (SSSR count). The molecule has 1 aliphatic carbocycles. The molecule has 0 radical (unpaired) electrons. The van der Waals surface area contributed by atoms with E-state index in [9.17, 15) is 22.8 Å². The van der Waals surface area contributed by atoms with Gasteiger partial charge in [-0.05, 0) is 50.5 Å². The third-order valence-corrected chi connectivity index (χ3v) is 5.46. The van der Waals surface area contributed by atoms with Gasteiger partial charge in [-0.15, -0.1) is 0 Å². The van der Waals surface area contributed by atoms with Gasteiger partial charge in [0.05, 0.1) is 6.61 Å². The maximum atomic E-state index is 12.5. The summed E-state index contributed by atoms with van der Waals surface area (Å²) in [5.74, 6) is 0.281. The van der Waals surface area contributed by atoms with Crippen LogP contribution in [0.2, 0.25) is 0 Å². The molecule has 1 aromatic rings. The molecule has 1 saturated carbocycles.